The van der Waals surface area contributed by atoms with Crippen molar-refractivity contribution in [1.82, 2.24) is 9.62 Å². The highest BCUT2D eigenvalue weighted by Gasteiger charge is 2.24. The highest BCUT2D eigenvalue weighted by atomic mass is 32.2. The second kappa shape index (κ2) is 7.11. The first-order valence-corrected chi connectivity index (χ1v) is 9.26. The molecule has 2 N–H and O–H groups in total. The van der Waals surface area contributed by atoms with Gasteiger partial charge in [-0.2, -0.15) is 0 Å². The van der Waals surface area contributed by atoms with Gasteiger partial charge in [0.05, 0.1) is 6.26 Å². The summed E-state index contributed by atoms with van der Waals surface area (Å²) in [5, 5.41) is 5.69. The second-order valence-corrected chi connectivity index (χ2v) is 7.74. The Balaban J connectivity index is 1.75. The lowest BCUT2D eigenvalue weighted by Crippen LogP contribution is -2.41. The maximum atomic E-state index is 11.9. The van der Waals surface area contributed by atoms with Gasteiger partial charge in [0.1, 0.15) is 0 Å². The second-order valence-electron chi connectivity index (χ2n) is 5.76. The van der Waals surface area contributed by atoms with E-state index in [1.165, 1.54) is 10.6 Å². The maximum absolute atomic E-state index is 11.9. The molecule has 1 fully saturated rings. The van der Waals surface area contributed by atoms with Crippen LogP contribution in [0, 0.1) is 12.8 Å². The molecule has 0 aromatic heterocycles. The number of nitrogens with zero attached hydrogens (tertiary/aromatic N) is 1. The molecule has 0 spiro atoms. The quantitative estimate of drug-likeness (QED) is 0.886. The lowest BCUT2D eigenvalue weighted by atomic mass is 9.98. The molecule has 22 heavy (non-hydrogen) atoms. The van der Waals surface area contributed by atoms with Gasteiger partial charge in [0.25, 0.3) is 0 Å². The van der Waals surface area contributed by atoms with Crippen molar-refractivity contribution >= 4 is 21.7 Å². The van der Waals surface area contributed by atoms with Crippen LogP contribution in [0.1, 0.15) is 18.4 Å². The number of carbonyl (C=O) groups is 1. The van der Waals surface area contributed by atoms with Gasteiger partial charge < -0.3 is 10.6 Å². The van der Waals surface area contributed by atoms with E-state index in [0.717, 1.165) is 24.1 Å². The number of piperidine rings is 1. The number of hydrogen-bond donors (Lipinski definition) is 2. The molecule has 6 nitrogen and oxygen atoms in total. The molecular weight excluding hydrogens is 302 g/mol. The van der Waals surface area contributed by atoms with Crippen molar-refractivity contribution < 1.29 is 13.2 Å². The van der Waals surface area contributed by atoms with Gasteiger partial charge in [-0.05, 0) is 37.3 Å². The largest absolute Gasteiger partial charge is 0.338 e. The molecule has 1 aromatic rings. The molecule has 7 heteroatoms. The molecule has 0 radical (unpaired) electrons. The van der Waals surface area contributed by atoms with Crippen molar-refractivity contribution in [2.45, 2.75) is 19.8 Å². The van der Waals surface area contributed by atoms with Crippen LogP contribution in [0.2, 0.25) is 0 Å². The molecular formula is C15H23N3O3S. The van der Waals surface area contributed by atoms with E-state index >= 15 is 0 Å². The van der Waals surface area contributed by atoms with Crippen LogP contribution in [-0.2, 0) is 10.0 Å². The zero-order valence-electron chi connectivity index (χ0n) is 13.0. The molecule has 2 rings (SSSR count). The number of amides is 2. The van der Waals surface area contributed by atoms with Crippen LogP contribution in [0.3, 0.4) is 0 Å². The van der Waals surface area contributed by atoms with Gasteiger partial charge in [0.2, 0.25) is 10.0 Å². The van der Waals surface area contributed by atoms with Crippen molar-refractivity contribution in [3.63, 3.8) is 0 Å². The molecule has 1 heterocycles. The van der Waals surface area contributed by atoms with E-state index in [4.69, 9.17) is 0 Å². The topological polar surface area (TPSA) is 78.5 Å². The Morgan fingerprint density at radius 2 is 1.91 bits per heavy atom. The number of carbonyl (C=O) groups excluding carboxylic acids is 1. The molecule has 2 amide bonds. The van der Waals surface area contributed by atoms with Gasteiger partial charge in [-0.3, -0.25) is 0 Å². The van der Waals surface area contributed by atoms with Gasteiger partial charge >= 0.3 is 6.03 Å². The third-order valence-electron chi connectivity index (χ3n) is 3.99. The normalized spacial score (nSPS) is 17.2. The Kier molecular flexibility index (Phi) is 5.42. The molecule has 1 aliphatic heterocycles. The highest BCUT2D eigenvalue weighted by molar-refractivity contribution is 7.88. The molecule has 1 aromatic carbocycles. The molecule has 0 unspecified atom stereocenters. The maximum Gasteiger partial charge on any atom is 0.319 e. The van der Waals surface area contributed by atoms with Gasteiger partial charge in [0, 0.05) is 25.3 Å². The zero-order valence-corrected chi connectivity index (χ0v) is 13.8. The third-order valence-corrected chi connectivity index (χ3v) is 5.29. The van der Waals surface area contributed by atoms with Crippen molar-refractivity contribution in [1.29, 1.82) is 0 Å². The first-order valence-electron chi connectivity index (χ1n) is 7.42. The number of benzene rings is 1. The number of sulfonamides is 1. The summed E-state index contributed by atoms with van der Waals surface area (Å²) in [6.45, 7) is 3.57. The van der Waals surface area contributed by atoms with Crippen molar-refractivity contribution in [3.05, 3.63) is 29.8 Å². The Bertz CT molecular complexity index is 623. The summed E-state index contributed by atoms with van der Waals surface area (Å²) in [4.78, 5) is 11.9. The summed E-state index contributed by atoms with van der Waals surface area (Å²) in [6, 6.07) is 7.38. The molecule has 0 bridgehead atoms. The Labute approximate surface area is 131 Å². The Morgan fingerprint density at radius 3 is 2.50 bits per heavy atom. The van der Waals surface area contributed by atoms with E-state index in [0.29, 0.717) is 25.6 Å². The minimum atomic E-state index is -3.09. The summed E-state index contributed by atoms with van der Waals surface area (Å²) in [6.07, 6.45) is 2.79. The highest BCUT2D eigenvalue weighted by Crippen LogP contribution is 2.18. The number of aryl methyl sites for hydroxylation is 1. The number of hydrogen-bond acceptors (Lipinski definition) is 3. The predicted octanol–water partition coefficient (Wildman–Crippen LogP) is 1.79. The fourth-order valence-corrected chi connectivity index (χ4v) is 3.44. The van der Waals surface area contributed by atoms with Crippen LogP contribution in [0.5, 0.6) is 0 Å². The van der Waals surface area contributed by atoms with Crippen LogP contribution < -0.4 is 10.6 Å². The number of rotatable bonds is 4. The van der Waals surface area contributed by atoms with Crippen LogP contribution in [0.25, 0.3) is 0 Å². The minimum absolute atomic E-state index is 0.222. The zero-order chi connectivity index (χ0) is 16.2. The van der Waals surface area contributed by atoms with E-state index in [-0.39, 0.29) is 6.03 Å². The standard InChI is InChI=1S/C15H23N3O3S/c1-12-5-3-4-6-14(12)17-15(19)16-11-13-7-9-18(10-8-13)22(2,20)21/h3-6,13H,7-11H2,1-2H3,(H2,16,17,19). The molecule has 0 atom stereocenters. The SMILES string of the molecule is Cc1ccccc1NC(=O)NCC1CCN(S(C)(=O)=O)CC1. The molecule has 122 valence electrons. The lowest BCUT2D eigenvalue weighted by Gasteiger charge is -2.30. The fourth-order valence-electron chi connectivity index (χ4n) is 2.56. The van der Waals surface area contributed by atoms with Crippen LogP contribution in [0.4, 0.5) is 10.5 Å². The average Bonchev–Trinajstić information content (AvgIpc) is 2.47. The van der Waals surface area contributed by atoms with Crippen LogP contribution >= 0.6 is 0 Å². The smallest absolute Gasteiger partial charge is 0.319 e. The summed E-state index contributed by atoms with van der Waals surface area (Å²) < 4.78 is 24.4. The minimum Gasteiger partial charge on any atom is -0.338 e. The van der Waals surface area contributed by atoms with Gasteiger partial charge in [-0.15, -0.1) is 0 Å². The summed E-state index contributed by atoms with van der Waals surface area (Å²) >= 11 is 0. The van der Waals surface area contributed by atoms with Crippen molar-refractivity contribution in [2.75, 3.05) is 31.2 Å². The summed E-state index contributed by atoms with van der Waals surface area (Å²) in [5.74, 6) is 0.320. The van der Waals surface area contributed by atoms with Crippen LogP contribution in [0.15, 0.2) is 24.3 Å². The predicted molar refractivity (Wildman–Crippen MR) is 87.3 cm³/mol. The monoisotopic (exact) mass is 325 g/mol. The number of para-hydroxylation sites is 1. The van der Waals surface area contributed by atoms with E-state index in [1.807, 2.05) is 31.2 Å². The Morgan fingerprint density at radius 1 is 1.27 bits per heavy atom. The van der Waals surface area contributed by atoms with Crippen molar-refractivity contribution in [2.24, 2.45) is 5.92 Å². The third kappa shape index (κ3) is 4.71. The molecule has 0 saturated carbocycles. The first kappa shape index (κ1) is 16.8. The lowest BCUT2D eigenvalue weighted by molar-refractivity contribution is 0.241. The first-order chi connectivity index (χ1) is 10.4. The number of anilines is 1. The molecule has 0 aliphatic carbocycles. The van der Waals surface area contributed by atoms with E-state index in [2.05, 4.69) is 10.6 Å². The Hall–Kier alpha value is -1.60. The van der Waals surface area contributed by atoms with Gasteiger partial charge in [0.15, 0.2) is 0 Å². The summed E-state index contributed by atoms with van der Waals surface area (Å²) in [5.41, 5.74) is 1.81. The van der Waals surface area contributed by atoms with E-state index in [1.54, 1.807) is 0 Å². The number of nitrogens with one attached hydrogen (secondary N) is 2. The molecule has 1 saturated heterocycles. The molecule has 1 aliphatic rings. The van der Waals surface area contributed by atoms with Gasteiger partial charge in [-0.25, -0.2) is 17.5 Å². The fraction of sp³-hybridized carbons (Fsp3) is 0.533. The van der Waals surface area contributed by atoms with Crippen LogP contribution in [-0.4, -0.2) is 44.6 Å². The summed E-state index contributed by atoms with van der Waals surface area (Å²) in [7, 11) is -3.09. The van der Waals surface area contributed by atoms with E-state index < -0.39 is 10.0 Å². The van der Waals surface area contributed by atoms with Gasteiger partial charge in [-0.1, -0.05) is 18.2 Å². The van der Waals surface area contributed by atoms with E-state index in [9.17, 15) is 13.2 Å². The van der Waals surface area contributed by atoms with Crippen molar-refractivity contribution in [3.8, 4) is 0 Å². The number of urea groups is 1. The average molecular weight is 325 g/mol.